The van der Waals surface area contributed by atoms with E-state index < -0.39 is 6.04 Å². The van der Waals surface area contributed by atoms with Gasteiger partial charge in [-0.15, -0.1) is 0 Å². The standard InChI is InChI=1S/C29H33BrN2O3/c1-4-15-31-29(34)27(18-23-9-6-5-7-10-23)32(19-24-11-8-12-25(30)17-24)28(33)20-35-26-14-13-21(2)22(3)16-26/h5-14,16-17,27H,4,15,18-20H2,1-3H3,(H,31,34)/t27-/m1/s1. The number of carbonyl (C=O) groups is 2. The van der Waals surface area contributed by atoms with Gasteiger partial charge in [-0.2, -0.15) is 0 Å². The van der Waals surface area contributed by atoms with Gasteiger partial charge in [-0.25, -0.2) is 0 Å². The summed E-state index contributed by atoms with van der Waals surface area (Å²) in [7, 11) is 0. The average molecular weight is 537 g/mol. The van der Waals surface area contributed by atoms with E-state index in [-0.39, 0.29) is 18.4 Å². The summed E-state index contributed by atoms with van der Waals surface area (Å²) in [6.07, 6.45) is 1.24. The quantitative estimate of drug-likeness (QED) is 0.346. The van der Waals surface area contributed by atoms with Crippen LogP contribution in [0.5, 0.6) is 5.75 Å². The Bertz CT molecular complexity index is 1130. The van der Waals surface area contributed by atoms with Crippen molar-refractivity contribution >= 4 is 27.7 Å². The normalized spacial score (nSPS) is 11.5. The summed E-state index contributed by atoms with van der Waals surface area (Å²) in [5.74, 6) is 0.236. The number of nitrogens with zero attached hydrogens (tertiary/aromatic N) is 1. The van der Waals surface area contributed by atoms with E-state index in [0.717, 1.165) is 33.1 Å². The molecule has 0 aliphatic rings. The van der Waals surface area contributed by atoms with Crippen LogP contribution in [0.1, 0.15) is 35.6 Å². The van der Waals surface area contributed by atoms with Crippen LogP contribution in [0.15, 0.2) is 77.3 Å². The Morgan fingerprint density at radius 1 is 0.943 bits per heavy atom. The maximum atomic E-state index is 13.6. The van der Waals surface area contributed by atoms with Crippen LogP contribution in [-0.2, 0) is 22.6 Å². The van der Waals surface area contributed by atoms with Crippen molar-refractivity contribution in [3.05, 3.63) is 99.5 Å². The zero-order valence-electron chi connectivity index (χ0n) is 20.6. The molecule has 0 saturated heterocycles. The number of amides is 2. The fraction of sp³-hybridized carbons (Fsp3) is 0.310. The Morgan fingerprint density at radius 2 is 1.69 bits per heavy atom. The maximum Gasteiger partial charge on any atom is 0.261 e. The highest BCUT2D eigenvalue weighted by Gasteiger charge is 2.30. The van der Waals surface area contributed by atoms with Crippen LogP contribution in [-0.4, -0.2) is 35.9 Å². The molecule has 1 N–H and O–H groups in total. The van der Waals surface area contributed by atoms with Crippen LogP contribution in [0.2, 0.25) is 0 Å². The molecule has 0 saturated carbocycles. The highest BCUT2D eigenvalue weighted by Crippen LogP contribution is 2.20. The number of rotatable bonds is 11. The van der Waals surface area contributed by atoms with Gasteiger partial charge in [0.25, 0.3) is 5.91 Å². The molecule has 2 amide bonds. The van der Waals surface area contributed by atoms with Crippen LogP contribution in [0.4, 0.5) is 0 Å². The Labute approximate surface area is 216 Å². The van der Waals surface area contributed by atoms with E-state index in [2.05, 4.69) is 21.2 Å². The van der Waals surface area contributed by atoms with Gasteiger partial charge in [0.1, 0.15) is 11.8 Å². The van der Waals surface area contributed by atoms with Gasteiger partial charge in [-0.1, -0.05) is 71.4 Å². The van der Waals surface area contributed by atoms with Crippen molar-refractivity contribution in [3.8, 4) is 5.75 Å². The summed E-state index contributed by atoms with van der Waals surface area (Å²) >= 11 is 3.51. The van der Waals surface area contributed by atoms with E-state index in [1.54, 1.807) is 4.90 Å². The minimum absolute atomic E-state index is 0.150. The number of hydrogen-bond donors (Lipinski definition) is 1. The molecule has 1 atom stereocenters. The van der Waals surface area contributed by atoms with Crippen LogP contribution >= 0.6 is 15.9 Å². The van der Waals surface area contributed by atoms with E-state index in [4.69, 9.17) is 4.74 Å². The maximum absolute atomic E-state index is 13.6. The molecule has 0 aliphatic heterocycles. The van der Waals surface area contributed by atoms with E-state index in [1.165, 1.54) is 0 Å². The summed E-state index contributed by atoms with van der Waals surface area (Å²) in [5.41, 5.74) is 4.18. The van der Waals surface area contributed by atoms with E-state index >= 15 is 0 Å². The average Bonchev–Trinajstić information content (AvgIpc) is 2.86. The summed E-state index contributed by atoms with van der Waals surface area (Å²) < 4.78 is 6.80. The lowest BCUT2D eigenvalue weighted by molar-refractivity contribution is -0.142. The molecule has 0 bridgehead atoms. The topological polar surface area (TPSA) is 58.6 Å². The number of benzene rings is 3. The lowest BCUT2D eigenvalue weighted by Gasteiger charge is -2.31. The number of ether oxygens (including phenoxy) is 1. The molecule has 0 radical (unpaired) electrons. The van der Waals surface area contributed by atoms with Crippen LogP contribution < -0.4 is 10.1 Å². The molecule has 3 rings (SSSR count). The lowest BCUT2D eigenvalue weighted by Crippen LogP contribution is -2.51. The molecule has 0 fully saturated rings. The first-order chi connectivity index (χ1) is 16.9. The second kappa shape index (κ2) is 13.1. The third kappa shape index (κ3) is 7.96. The molecule has 0 heterocycles. The number of halogens is 1. The van der Waals surface area contributed by atoms with Gasteiger partial charge < -0.3 is 15.0 Å². The largest absolute Gasteiger partial charge is 0.484 e. The molecule has 3 aromatic carbocycles. The summed E-state index contributed by atoms with van der Waals surface area (Å²) in [4.78, 5) is 28.5. The van der Waals surface area contributed by atoms with Gasteiger partial charge in [0, 0.05) is 24.0 Å². The van der Waals surface area contributed by atoms with E-state index in [1.807, 2.05) is 93.6 Å². The predicted octanol–water partition coefficient (Wildman–Crippen LogP) is 5.61. The SMILES string of the molecule is CCCNC(=O)[C@@H](Cc1ccccc1)N(Cc1cccc(Br)c1)C(=O)COc1ccc(C)c(C)c1. The molecule has 6 heteroatoms. The Kier molecular flexibility index (Phi) is 9.91. The molecular weight excluding hydrogens is 504 g/mol. The summed E-state index contributed by atoms with van der Waals surface area (Å²) in [6, 6.07) is 22.7. The van der Waals surface area contributed by atoms with Crippen molar-refractivity contribution < 1.29 is 14.3 Å². The smallest absolute Gasteiger partial charge is 0.261 e. The Hall–Kier alpha value is -3.12. The van der Waals surface area contributed by atoms with E-state index in [9.17, 15) is 9.59 Å². The molecule has 5 nitrogen and oxygen atoms in total. The van der Waals surface area contributed by atoms with Crippen molar-refractivity contribution in [2.45, 2.75) is 46.2 Å². The number of nitrogens with one attached hydrogen (secondary N) is 1. The zero-order chi connectivity index (χ0) is 25.2. The van der Waals surface area contributed by atoms with Crippen molar-refractivity contribution in [1.82, 2.24) is 10.2 Å². The predicted molar refractivity (Wildman–Crippen MR) is 143 cm³/mol. The van der Waals surface area contributed by atoms with Crippen molar-refractivity contribution in [2.75, 3.05) is 13.2 Å². The fourth-order valence-corrected chi connectivity index (χ4v) is 4.23. The third-order valence-corrected chi connectivity index (χ3v) is 6.40. The first kappa shape index (κ1) is 26.5. The molecule has 3 aromatic rings. The van der Waals surface area contributed by atoms with Crippen molar-refractivity contribution in [2.24, 2.45) is 0 Å². The highest BCUT2D eigenvalue weighted by atomic mass is 79.9. The third-order valence-electron chi connectivity index (χ3n) is 5.90. The number of aryl methyl sites for hydroxylation is 2. The minimum Gasteiger partial charge on any atom is -0.484 e. The van der Waals surface area contributed by atoms with Gasteiger partial charge in [0.05, 0.1) is 0 Å². The first-order valence-electron chi connectivity index (χ1n) is 11.9. The summed E-state index contributed by atoms with van der Waals surface area (Å²) in [6.45, 7) is 6.76. The van der Waals surface area contributed by atoms with Crippen LogP contribution in [0.3, 0.4) is 0 Å². The Balaban J connectivity index is 1.89. The van der Waals surface area contributed by atoms with Gasteiger partial charge in [-0.3, -0.25) is 9.59 Å². The van der Waals surface area contributed by atoms with Gasteiger partial charge in [0.15, 0.2) is 6.61 Å². The number of hydrogen-bond acceptors (Lipinski definition) is 3. The fourth-order valence-electron chi connectivity index (χ4n) is 3.78. The van der Waals surface area contributed by atoms with Crippen LogP contribution in [0.25, 0.3) is 0 Å². The summed E-state index contributed by atoms with van der Waals surface area (Å²) in [5, 5.41) is 2.99. The highest BCUT2D eigenvalue weighted by molar-refractivity contribution is 9.10. The van der Waals surface area contributed by atoms with Gasteiger partial charge >= 0.3 is 0 Å². The molecular formula is C29H33BrN2O3. The molecule has 0 aromatic heterocycles. The van der Waals surface area contributed by atoms with E-state index in [0.29, 0.717) is 25.3 Å². The second-order valence-corrected chi connectivity index (χ2v) is 9.60. The Morgan fingerprint density at radius 3 is 2.37 bits per heavy atom. The monoisotopic (exact) mass is 536 g/mol. The lowest BCUT2D eigenvalue weighted by atomic mass is 10.0. The van der Waals surface area contributed by atoms with Gasteiger partial charge in [-0.05, 0) is 66.8 Å². The molecule has 35 heavy (non-hydrogen) atoms. The van der Waals surface area contributed by atoms with Crippen molar-refractivity contribution in [3.63, 3.8) is 0 Å². The number of carbonyl (C=O) groups excluding carboxylic acids is 2. The minimum atomic E-state index is -0.668. The second-order valence-electron chi connectivity index (χ2n) is 8.68. The first-order valence-corrected chi connectivity index (χ1v) is 12.7. The van der Waals surface area contributed by atoms with Crippen molar-refractivity contribution in [1.29, 1.82) is 0 Å². The molecule has 184 valence electrons. The molecule has 0 unspecified atom stereocenters. The molecule has 0 aliphatic carbocycles. The zero-order valence-corrected chi connectivity index (χ0v) is 22.2. The molecule has 0 spiro atoms. The van der Waals surface area contributed by atoms with Gasteiger partial charge in [0.2, 0.25) is 5.91 Å². The van der Waals surface area contributed by atoms with Crippen LogP contribution in [0, 0.1) is 13.8 Å².